The molecule has 6 aromatic carbocycles. The van der Waals surface area contributed by atoms with Crippen LogP contribution in [0, 0.1) is 0 Å². The number of thiazole rings is 8. The molecule has 0 saturated carbocycles. The zero-order valence-electron chi connectivity index (χ0n) is 76.2. The highest BCUT2D eigenvalue weighted by Gasteiger charge is 2.15. The lowest BCUT2D eigenvalue weighted by molar-refractivity contribution is 0.475. The molecule has 18 heterocycles. The van der Waals surface area contributed by atoms with Crippen LogP contribution in [-0.2, 0) is 0 Å². The van der Waals surface area contributed by atoms with Crippen molar-refractivity contribution in [2.24, 2.45) is 0 Å². The van der Waals surface area contributed by atoms with E-state index in [1.165, 1.54) is 56.7 Å². The molecule has 9 N–H and O–H groups in total. The van der Waals surface area contributed by atoms with Crippen LogP contribution in [0.2, 0.25) is 0 Å². The number of nitrogens with zero attached hydrogens (tertiary/aromatic N) is 22. The number of aromatic nitrogens is 22. The minimum atomic E-state index is 0.241. The van der Waals surface area contributed by atoms with Gasteiger partial charge in [0.15, 0.2) is 41.1 Å². The van der Waals surface area contributed by atoms with Crippen molar-refractivity contribution in [3.8, 4) is 96.2 Å². The minimum absolute atomic E-state index is 0.241. The number of rotatable bonds is 24. The summed E-state index contributed by atoms with van der Waals surface area (Å²) in [5, 5.41) is 57.1. The summed E-state index contributed by atoms with van der Waals surface area (Å²) in [6, 6.07) is 95.3. The predicted octanol–water partition coefficient (Wildman–Crippen LogP) is 27.7. The number of hydrogen-bond acceptors (Lipinski definition) is 39. The molecule has 710 valence electrons. The molecule has 0 atom stereocenters. The van der Waals surface area contributed by atoms with Gasteiger partial charge in [-0.2, -0.15) is 0 Å². The summed E-state index contributed by atoms with van der Waals surface area (Å²) < 4.78 is 0. The highest BCUT2D eigenvalue weighted by Crippen LogP contribution is 2.35. The molecule has 0 amide bonds. The highest BCUT2D eigenvalue weighted by atomic mass is 32.1. The van der Waals surface area contributed by atoms with Gasteiger partial charge in [0, 0.05) is 193 Å². The van der Waals surface area contributed by atoms with E-state index in [0.717, 1.165) is 154 Å². The summed E-state index contributed by atoms with van der Waals surface area (Å²) in [7, 11) is 0. The average molecular weight is 2050 g/mol. The molecule has 0 unspecified atom stereocenters. The van der Waals surface area contributed by atoms with Crippen molar-refractivity contribution in [1.82, 2.24) is 110 Å². The first kappa shape index (κ1) is 98.4. The SMILES string of the molecule is Oc1cccc(Nc2nc(-c3ccccc3)cs2)c1.c1ccc(-c2csc(Nc3ncccn3)n2)cc1.c1ccc(-c2csc(Nc3ncccn3)n2)nc1.c1ccc(Nc2nc(-c3ccccc3)cs2)cc1.c1ccc(Nc2nc(-c3ccccn3)cs2)cc1.c1ccc(Nc2nc(-c3ccccn3)cs2)nc1.c1cnc(Nc2nc(-c3cccnc3)cs2)nc1.c1cnc(Nc2nc(-c3ccncc3)cs2)nc1. The number of aromatic hydroxyl groups is 1. The normalized spacial score (nSPS) is 10.2. The molecule has 24 aromatic rings. The topological polar surface area (TPSA) is 400 Å². The molecule has 0 saturated heterocycles. The summed E-state index contributed by atoms with van der Waals surface area (Å²) >= 11 is 12.3. The van der Waals surface area contributed by atoms with E-state index < -0.39 is 0 Å². The molecular weight excluding hydrogens is 1970 g/mol. The number of phenolic OH excluding ortho intramolecular Hbond substituents is 1. The summed E-state index contributed by atoms with van der Waals surface area (Å²) in [6.07, 6.45) is 27.6. The van der Waals surface area contributed by atoms with Crippen LogP contribution in [0.15, 0.2) is 439 Å². The predicted molar refractivity (Wildman–Crippen MR) is 589 cm³/mol. The number of benzene rings is 6. The lowest BCUT2D eigenvalue weighted by Crippen LogP contribution is -1.95. The van der Waals surface area contributed by atoms with E-state index >= 15 is 0 Å². The lowest BCUT2D eigenvalue weighted by atomic mass is 10.2. The van der Waals surface area contributed by atoms with E-state index in [-0.39, 0.29) is 5.75 Å². The van der Waals surface area contributed by atoms with Gasteiger partial charge in [0.05, 0.1) is 45.6 Å². The molecule has 0 aliphatic heterocycles. The number of phenols is 1. The van der Waals surface area contributed by atoms with Gasteiger partial charge in [-0.05, 0) is 133 Å². The number of para-hydroxylation sites is 2. The number of pyridine rings is 6. The van der Waals surface area contributed by atoms with Crippen molar-refractivity contribution >= 4 is 178 Å². The first-order valence-electron chi connectivity index (χ1n) is 44.1. The second-order valence-electron chi connectivity index (χ2n) is 29.3. The first-order valence-corrected chi connectivity index (χ1v) is 51.2. The van der Waals surface area contributed by atoms with Gasteiger partial charge >= 0.3 is 0 Å². The molecule has 0 bridgehead atoms. The standard InChI is InChI=1S/C15H12N2OS.C15H12N2S.C14H11N3S.2C13H10N4S.3C12H9N5S/c18-13-8-4-7-12(9-13)16-15-17-14(10-19-15)11-5-2-1-3-6-11;1-3-7-12(8-4-1)14-11-18-15(17-14)16-13-9-5-2-6-10-13;1-2-6-11(7-3-1)16-14-17-13(10-18-14)12-8-4-5-9-15-12;1-3-7-14-10(5-1)11-9-18-13(16-11)17-12-6-2-4-8-15-12;1-2-5-10(6-3-1)11-9-18-13(16-11)17-12-14-7-4-8-15-12;1-4-14-11(15-5-1)17-12-16-10(8-18-12)9-2-6-13-7-3-9;1-3-9(7-13-4-1)10-8-18-12(16-10)17-11-14-5-2-6-15-11;1-2-5-13-9(4-1)10-8-18-12(16-10)17-11-14-6-3-7-15-11/h1-10,18H,(H,16,17);1-11H,(H,16,17);1-10H,(H,16,17);1-9H,(H,15,16,17);1-9H,(H,14,15,16,17);3*1-8H,(H,14,15,16,17). The van der Waals surface area contributed by atoms with Crippen molar-refractivity contribution in [3.05, 3.63) is 439 Å². The Balaban J connectivity index is 0.000000114. The largest absolute Gasteiger partial charge is 0.508 e. The third-order valence-corrected chi connectivity index (χ3v) is 25.2. The second kappa shape index (κ2) is 53.2. The Kier molecular flexibility index (Phi) is 36.1. The molecule has 0 radical (unpaired) electrons. The minimum Gasteiger partial charge on any atom is -0.508 e. The fraction of sp³-hybridized carbons (Fsp3) is 0. The average Bonchev–Trinajstić information content (AvgIpc) is 1.75. The summed E-state index contributed by atoms with van der Waals surface area (Å²) in [4.78, 5) is 93.8. The van der Waals surface area contributed by atoms with Gasteiger partial charge < -0.3 is 47.6 Å². The number of hydrogen-bond donors (Lipinski definition) is 9. The Morgan fingerprint density at radius 1 is 0.172 bits per heavy atom. The van der Waals surface area contributed by atoms with E-state index in [1.807, 2.05) is 280 Å². The molecule has 0 fully saturated rings. The van der Waals surface area contributed by atoms with Gasteiger partial charge in [0.1, 0.15) is 28.6 Å². The third-order valence-electron chi connectivity index (χ3n) is 19.1. The maximum Gasteiger partial charge on any atom is 0.228 e. The van der Waals surface area contributed by atoms with Gasteiger partial charge in [-0.3, -0.25) is 24.9 Å². The Labute approximate surface area is 864 Å². The van der Waals surface area contributed by atoms with Crippen LogP contribution in [0.1, 0.15) is 0 Å². The maximum absolute atomic E-state index is 9.42. The van der Waals surface area contributed by atoms with Crippen molar-refractivity contribution in [3.63, 3.8) is 0 Å². The number of nitrogens with one attached hydrogen (secondary N) is 8. The molecule has 0 aliphatic rings. The van der Waals surface area contributed by atoms with Crippen LogP contribution >= 0.6 is 90.7 Å². The lowest BCUT2D eigenvalue weighted by Gasteiger charge is -2.02. The fourth-order valence-electron chi connectivity index (χ4n) is 12.5. The number of anilines is 16. The van der Waals surface area contributed by atoms with Gasteiger partial charge in [-0.1, -0.05) is 158 Å². The van der Waals surface area contributed by atoms with E-state index in [1.54, 1.807) is 176 Å². The van der Waals surface area contributed by atoms with E-state index in [9.17, 15) is 5.11 Å². The molecular formula is C106H82N30OS8. The first-order chi connectivity index (χ1) is 71.7. The molecule has 0 spiro atoms. The second-order valence-corrected chi connectivity index (χ2v) is 36.2. The molecule has 0 aliphatic carbocycles. The zero-order valence-corrected chi connectivity index (χ0v) is 82.7. The summed E-state index contributed by atoms with van der Waals surface area (Å²) in [5.74, 6) is 3.23. The van der Waals surface area contributed by atoms with Gasteiger partial charge in [-0.15, -0.1) is 90.7 Å². The monoisotopic (exact) mass is 2050 g/mol. The molecule has 31 nitrogen and oxygen atoms in total. The van der Waals surface area contributed by atoms with E-state index in [2.05, 4.69) is 170 Å². The van der Waals surface area contributed by atoms with Crippen LogP contribution in [-0.4, -0.2) is 115 Å². The Hall–Kier alpha value is -18.2. The van der Waals surface area contributed by atoms with Crippen LogP contribution in [0.4, 0.5) is 87.7 Å². The molecule has 39 heteroatoms. The maximum atomic E-state index is 9.42. The van der Waals surface area contributed by atoms with Gasteiger partial charge in [0.25, 0.3) is 0 Å². The van der Waals surface area contributed by atoms with Crippen LogP contribution < -0.4 is 42.5 Å². The molecule has 24 rings (SSSR count). The van der Waals surface area contributed by atoms with Crippen molar-refractivity contribution in [2.45, 2.75) is 0 Å². The Morgan fingerprint density at radius 3 is 0.759 bits per heavy atom. The van der Waals surface area contributed by atoms with Crippen LogP contribution in [0.3, 0.4) is 0 Å². The van der Waals surface area contributed by atoms with E-state index in [0.29, 0.717) is 23.8 Å². The summed E-state index contributed by atoms with van der Waals surface area (Å²) in [6.45, 7) is 0. The van der Waals surface area contributed by atoms with Crippen LogP contribution in [0.5, 0.6) is 5.75 Å². The van der Waals surface area contributed by atoms with Gasteiger partial charge in [-0.25, -0.2) is 84.7 Å². The van der Waals surface area contributed by atoms with Crippen molar-refractivity contribution in [1.29, 1.82) is 0 Å². The van der Waals surface area contributed by atoms with Crippen molar-refractivity contribution < 1.29 is 5.11 Å². The van der Waals surface area contributed by atoms with Crippen molar-refractivity contribution in [2.75, 3.05) is 42.5 Å². The fourth-order valence-corrected chi connectivity index (χ4v) is 18.2. The molecule has 145 heavy (non-hydrogen) atoms. The summed E-state index contributed by atoms with van der Waals surface area (Å²) in [5.41, 5.74) is 18.3. The Morgan fingerprint density at radius 2 is 0.441 bits per heavy atom. The zero-order chi connectivity index (χ0) is 98.5. The Bertz CT molecular complexity index is 6690. The quantitative estimate of drug-likeness (QED) is 0.0271. The third kappa shape index (κ3) is 31.4. The van der Waals surface area contributed by atoms with E-state index in [4.69, 9.17) is 0 Å². The smallest absolute Gasteiger partial charge is 0.228 e. The van der Waals surface area contributed by atoms with Crippen LogP contribution in [0.25, 0.3) is 90.5 Å². The highest BCUT2D eigenvalue weighted by molar-refractivity contribution is 7.16. The van der Waals surface area contributed by atoms with Gasteiger partial charge in [0.2, 0.25) is 23.8 Å². The molecule has 18 aromatic heterocycles.